The van der Waals surface area contributed by atoms with Gasteiger partial charge in [-0.1, -0.05) is 20.8 Å². The van der Waals surface area contributed by atoms with Gasteiger partial charge < -0.3 is 20.6 Å². The molecule has 1 unspecified atom stereocenters. The van der Waals surface area contributed by atoms with Crippen molar-refractivity contribution < 1.29 is 19.5 Å². The minimum absolute atomic E-state index is 0.00502. The molecule has 0 spiro atoms. The molecule has 3 N–H and O–H groups in total. The van der Waals surface area contributed by atoms with Crippen LogP contribution in [-0.2, 0) is 9.59 Å². The van der Waals surface area contributed by atoms with Crippen LogP contribution in [0.4, 0.5) is 4.79 Å². The van der Waals surface area contributed by atoms with Crippen LogP contribution in [0.15, 0.2) is 0 Å². The van der Waals surface area contributed by atoms with Gasteiger partial charge >= 0.3 is 12.0 Å². The van der Waals surface area contributed by atoms with Gasteiger partial charge in [0, 0.05) is 13.1 Å². The quantitative estimate of drug-likeness (QED) is 0.669. The summed E-state index contributed by atoms with van der Waals surface area (Å²) in [7, 11) is 1.65. The van der Waals surface area contributed by atoms with Crippen molar-refractivity contribution in [3.05, 3.63) is 0 Å². The molecule has 0 aromatic heterocycles. The van der Waals surface area contributed by atoms with Crippen LogP contribution in [0.25, 0.3) is 0 Å². The average molecular weight is 273 g/mol. The van der Waals surface area contributed by atoms with Crippen LogP contribution in [-0.4, -0.2) is 54.1 Å². The number of amides is 3. The van der Waals surface area contributed by atoms with Crippen molar-refractivity contribution in [3.63, 3.8) is 0 Å². The molecule has 0 saturated heterocycles. The number of nitrogens with zero attached hydrogens (tertiary/aromatic N) is 1. The largest absolute Gasteiger partial charge is 0.480 e. The normalized spacial score (nSPS) is 12.5. The smallest absolute Gasteiger partial charge is 0.322 e. The second-order valence-electron chi connectivity index (χ2n) is 5.48. The Morgan fingerprint density at radius 3 is 2.11 bits per heavy atom. The van der Waals surface area contributed by atoms with E-state index in [1.165, 1.54) is 4.90 Å². The van der Waals surface area contributed by atoms with Gasteiger partial charge in [0.25, 0.3) is 0 Å². The Morgan fingerprint density at radius 2 is 1.68 bits per heavy atom. The molecule has 1 atom stereocenters. The summed E-state index contributed by atoms with van der Waals surface area (Å²) in [4.78, 5) is 34.8. The molecule has 0 rings (SSSR count). The maximum Gasteiger partial charge on any atom is 0.322 e. The minimum Gasteiger partial charge on any atom is -0.480 e. The molecule has 7 heteroatoms. The van der Waals surface area contributed by atoms with E-state index in [4.69, 9.17) is 5.11 Å². The van der Waals surface area contributed by atoms with Crippen molar-refractivity contribution in [3.8, 4) is 0 Å². The third-order valence-corrected chi connectivity index (χ3v) is 2.99. The second kappa shape index (κ2) is 6.96. The van der Waals surface area contributed by atoms with Crippen molar-refractivity contribution in [1.29, 1.82) is 0 Å². The van der Waals surface area contributed by atoms with Crippen LogP contribution in [0.3, 0.4) is 0 Å². The molecule has 0 aromatic carbocycles. The Morgan fingerprint density at radius 1 is 1.16 bits per heavy atom. The van der Waals surface area contributed by atoms with E-state index in [0.717, 1.165) is 0 Å². The monoisotopic (exact) mass is 273 g/mol. The van der Waals surface area contributed by atoms with E-state index in [1.54, 1.807) is 7.05 Å². The van der Waals surface area contributed by atoms with Gasteiger partial charge in [0.1, 0.15) is 6.54 Å². The second-order valence-corrected chi connectivity index (χ2v) is 5.48. The molecule has 0 bridgehead atoms. The third kappa shape index (κ3) is 6.64. The maximum atomic E-state index is 11.8. The van der Waals surface area contributed by atoms with Crippen molar-refractivity contribution in [1.82, 2.24) is 15.5 Å². The van der Waals surface area contributed by atoms with Gasteiger partial charge in [-0.15, -0.1) is 0 Å². The van der Waals surface area contributed by atoms with E-state index in [0.29, 0.717) is 0 Å². The summed E-state index contributed by atoms with van der Waals surface area (Å²) >= 11 is 0. The lowest BCUT2D eigenvalue weighted by molar-refractivity contribution is -0.137. The molecule has 0 heterocycles. The molecule has 3 amide bonds. The van der Waals surface area contributed by atoms with E-state index in [9.17, 15) is 14.4 Å². The topological polar surface area (TPSA) is 98.7 Å². The van der Waals surface area contributed by atoms with Crippen molar-refractivity contribution in [2.75, 3.05) is 20.1 Å². The third-order valence-electron chi connectivity index (χ3n) is 2.99. The van der Waals surface area contributed by atoms with E-state index < -0.39 is 18.4 Å². The number of aliphatic carboxylic acids is 1. The molecule has 0 fully saturated rings. The molecular weight excluding hydrogens is 250 g/mol. The number of carboxylic acid groups (broad SMARTS) is 1. The predicted octanol–water partition coefficient (Wildman–Crippen LogP) is 0.263. The summed E-state index contributed by atoms with van der Waals surface area (Å²) in [6, 6.07) is -0.373. The van der Waals surface area contributed by atoms with Crippen molar-refractivity contribution in [2.24, 2.45) is 5.41 Å². The average Bonchev–Trinajstić information content (AvgIpc) is 2.30. The lowest BCUT2D eigenvalue weighted by Crippen LogP contribution is -2.49. The molecule has 0 radical (unpaired) electrons. The summed E-state index contributed by atoms with van der Waals surface area (Å²) in [5.74, 6) is -1.66. The van der Waals surface area contributed by atoms with Gasteiger partial charge in [0.15, 0.2) is 0 Å². The van der Waals surface area contributed by atoms with Gasteiger partial charge in [-0.3, -0.25) is 9.59 Å². The lowest BCUT2D eigenvalue weighted by atomic mass is 9.87. The Labute approximate surface area is 113 Å². The van der Waals surface area contributed by atoms with Crippen LogP contribution in [0.1, 0.15) is 27.7 Å². The highest BCUT2D eigenvalue weighted by molar-refractivity contribution is 5.86. The first-order valence-corrected chi connectivity index (χ1v) is 6.05. The van der Waals surface area contributed by atoms with E-state index in [-0.39, 0.29) is 24.0 Å². The van der Waals surface area contributed by atoms with Gasteiger partial charge in [0.05, 0.1) is 6.54 Å². The molecule has 0 aliphatic heterocycles. The van der Waals surface area contributed by atoms with Gasteiger partial charge in [-0.05, 0) is 12.3 Å². The van der Waals surface area contributed by atoms with Crippen molar-refractivity contribution >= 4 is 17.9 Å². The summed E-state index contributed by atoms with van der Waals surface area (Å²) in [5.41, 5.74) is -0.0718. The molecular formula is C12H23N3O4. The fourth-order valence-corrected chi connectivity index (χ4v) is 1.27. The summed E-state index contributed by atoms with van der Waals surface area (Å²) < 4.78 is 0. The highest BCUT2D eigenvalue weighted by Gasteiger charge is 2.26. The van der Waals surface area contributed by atoms with Crippen LogP contribution in [0, 0.1) is 5.41 Å². The number of hydrogen-bond acceptors (Lipinski definition) is 3. The summed E-state index contributed by atoms with van der Waals surface area (Å²) in [5, 5.41) is 13.0. The number of rotatable bonds is 5. The standard InChI is InChI=1S/C12H23N3O4/c1-8(12(2,3)4)15(5)11(19)14-6-9(16)13-7-10(17)18/h8H,6-7H2,1-5H3,(H,13,16)(H,14,19)(H,17,18). The molecule has 7 nitrogen and oxygen atoms in total. The maximum absolute atomic E-state index is 11.8. The number of hydrogen-bond donors (Lipinski definition) is 3. The number of carbonyl (C=O) groups excluding carboxylic acids is 2. The summed E-state index contributed by atoms with van der Waals surface area (Å²) in [6.07, 6.45) is 0. The highest BCUT2D eigenvalue weighted by Crippen LogP contribution is 2.22. The number of carboxylic acids is 1. The molecule has 110 valence electrons. The SMILES string of the molecule is CC(N(C)C(=O)NCC(=O)NCC(=O)O)C(C)(C)C. The van der Waals surface area contributed by atoms with Gasteiger partial charge in [-0.2, -0.15) is 0 Å². The molecule has 19 heavy (non-hydrogen) atoms. The first-order chi connectivity index (χ1) is 8.55. The van der Waals surface area contributed by atoms with Crippen LogP contribution >= 0.6 is 0 Å². The zero-order valence-corrected chi connectivity index (χ0v) is 12.1. The van der Waals surface area contributed by atoms with Crippen LogP contribution in [0.5, 0.6) is 0 Å². The molecule has 0 aliphatic rings. The molecule has 0 aromatic rings. The highest BCUT2D eigenvalue weighted by atomic mass is 16.4. The zero-order valence-electron chi connectivity index (χ0n) is 12.1. The fourth-order valence-electron chi connectivity index (χ4n) is 1.27. The van der Waals surface area contributed by atoms with Gasteiger partial charge in [-0.25, -0.2) is 4.79 Å². The van der Waals surface area contributed by atoms with E-state index in [2.05, 4.69) is 10.6 Å². The zero-order chi connectivity index (χ0) is 15.2. The Kier molecular flexibility index (Phi) is 6.31. The summed E-state index contributed by atoms with van der Waals surface area (Å²) in [6.45, 7) is 7.27. The lowest BCUT2D eigenvalue weighted by Gasteiger charge is -2.35. The van der Waals surface area contributed by atoms with Crippen LogP contribution < -0.4 is 10.6 Å². The minimum atomic E-state index is -1.13. The first-order valence-electron chi connectivity index (χ1n) is 6.05. The van der Waals surface area contributed by atoms with Crippen molar-refractivity contribution in [2.45, 2.75) is 33.7 Å². The van der Waals surface area contributed by atoms with Gasteiger partial charge in [0.2, 0.25) is 5.91 Å². The Balaban J connectivity index is 4.17. The van der Waals surface area contributed by atoms with E-state index >= 15 is 0 Å². The number of urea groups is 1. The first kappa shape index (κ1) is 17.2. The Hall–Kier alpha value is -1.79. The molecule has 0 saturated carbocycles. The number of carbonyl (C=O) groups is 3. The fraction of sp³-hybridized carbons (Fsp3) is 0.750. The molecule has 0 aliphatic carbocycles. The Bertz CT molecular complexity index is 349. The van der Waals surface area contributed by atoms with E-state index in [1.807, 2.05) is 27.7 Å². The van der Waals surface area contributed by atoms with Crippen LogP contribution in [0.2, 0.25) is 0 Å². The predicted molar refractivity (Wildman–Crippen MR) is 70.7 cm³/mol. The number of nitrogens with one attached hydrogen (secondary N) is 2.